The Balaban J connectivity index is 2.21. The van der Waals surface area contributed by atoms with Crippen LogP contribution in [-0.4, -0.2) is 34.8 Å². The normalized spacial score (nSPS) is 14.4. The molecule has 2 aromatic heterocycles. The molecule has 2 N–H and O–H groups in total. The van der Waals surface area contributed by atoms with Crippen LogP contribution in [0.25, 0.3) is 5.65 Å². The monoisotopic (exact) mass is 285 g/mol. The second kappa shape index (κ2) is 4.93. The van der Waals surface area contributed by atoms with E-state index in [0.717, 1.165) is 11.3 Å². The van der Waals surface area contributed by atoms with Crippen molar-refractivity contribution in [1.82, 2.24) is 24.5 Å². The predicted molar refractivity (Wildman–Crippen MR) is 72.8 cm³/mol. The van der Waals surface area contributed by atoms with Gasteiger partial charge in [-0.2, -0.15) is 5.10 Å². The number of nitrogens with zero attached hydrogens (tertiary/aromatic N) is 3. The van der Waals surface area contributed by atoms with E-state index < -0.39 is 10.9 Å². The summed E-state index contributed by atoms with van der Waals surface area (Å²) in [5.74, 6) is 0.681. The minimum Gasteiger partial charge on any atom is -0.325 e. The van der Waals surface area contributed by atoms with E-state index in [4.69, 9.17) is 0 Å². The third-order valence-electron chi connectivity index (χ3n) is 2.91. The van der Waals surface area contributed by atoms with Crippen LogP contribution in [-0.2, 0) is 16.3 Å². The Kier molecular flexibility index (Phi) is 3.64. The van der Waals surface area contributed by atoms with Crippen molar-refractivity contribution < 1.29 is 8.42 Å². The van der Waals surface area contributed by atoms with E-state index in [1.165, 1.54) is 0 Å². The van der Waals surface area contributed by atoms with Crippen LogP contribution in [0.2, 0.25) is 0 Å². The van der Waals surface area contributed by atoms with Crippen LogP contribution in [0.15, 0.2) is 6.07 Å². The zero-order valence-corrected chi connectivity index (χ0v) is 12.4. The molecule has 0 spiro atoms. The molecular formula is C11H19N5O2S. The first-order chi connectivity index (χ1) is 8.77. The summed E-state index contributed by atoms with van der Waals surface area (Å²) in [4.78, 5) is 3.16. The third-order valence-corrected chi connectivity index (χ3v) is 3.35. The first-order valence-electron chi connectivity index (χ1n) is 6.11. The fourth-order valence-corrected chi connectivity index (χ4v) is 2.11. The number of fused-ring (bicyclic) bond motifs is 1. The Bertz CT molecular complexity index is 610. The largest absolute Gasteiger partial charge is 0.325 e. The molecule has 0 bridgehead atoms. The molecule has 1 atom stereocenters. The standard InChI is InChI=1S/C11H19N5O2S/c1-7(6-12-19(17)18)10-13-9-5-8(11(2,3)4)14-16(9)15-10/h5,7,19H,6H2,1-4H3,(H,13,15)(H,12,17,18). The second-order valence-corrected chi connectivity index (χ2v) is 6.52. The van der Waals surface area contributed by atoms with Crippen LogP contribution in [0.3, 0.4) is 0 Å². The van der Waals surface area contributed by atoms with Crippen LogP contribution < -0.4 is 4.72 Å². The minimum atomic E-state index is -2.57. The summed E-state index contributed by atoms with van der Waals surface area (Å²) in [7, 11) is -2.57. The van der Waals surface area contributed by atoms with E-state index in [9.17, 15) is 8.42 Å². The SMILES string of the molecule is CC(CN[SH](=O)=O)c1nn2nc(C(C)(C)C)cc2[nH]1. The Hall–Kier alpha value is -1.41. The van der Waals surface area contributed by atoms with E-state index in [1.54, 1.807) is 4.63 Å². The molecule has 1 unspecified atom stereocenters. The van der Waals surface area contributed by atoms with E-state index in [2.05, 4.69) is 40.7 Å². The zero-order chi connectivity index (χ0) is 14.2. The van der Waals surface area contributed by atoms with Crippen LogP contribution in [0.4, 0.5) is 0 Å². The lowest BCUT2D eigenvalue weighted by atomic mass is 9.93. The summed E-state index contributed by atoms with van der Waals surface area (Å²) >= 11 is 0. The zero-order valence-electron chi connectivity index (χ0n) is 11.5. The molecule has 0 aliphatic rings. The van der Waals surface area contributed by atoms with Gasteiger partial charge in [-0.15, -0.1) is 9.73 Å². The molecule has 19 heavy (non-hydrogen) atoms. The van der Waals surface area contributed by atoms with Crippen molar-refractivity contribution in [3.05, 3.63) is 17.6 Å². The van der Waals surface area contributed by atoms with Crippen LogP contribution in [0.5, 0.6) is 0 Å². The molecule has 0 aliphatic heterocycles. The van der Waals surface area contributed by atoms with Gasteiger partial charge in [0.25, 0.3) is 0 Å². The number of thiol groups is 1. The van der Waals surface area contributed by atoms with Crippen LogP contribution in [0, 0.1) is 0 Å². The van der Waals surface area contributed by atoms with Crippen molar-refractivity contribution in [3.63, 3.8) is 0 Å². The van der Waals surface area contributed by atoms with Crippen molar-refractivity contribution in [2.45, 2.75) is 39.0 Å². The third kappa shape index (κ3) is 3.13. The highest BCUT2D eigenvalue weighted by molar-refractivity contribution is 7.70. The van der Waals surface area contributed by atoms with Gasteiger partial charge < -0.3 is 4.98 Å². The van der Waals surface area contributed by atoms with Crippen LogP contribution in [0.1, 0.15) is 45.1 Å². The van der Waals surface area contributed by atoms with Gasteiger partial charge in [0.15, 0.2) is 5.65 Å². The molecule has 0 aromatic carbocycles. The highest BCUT2D eigenvalue weighted by Gasteiger charge is 2.20. The summed E-state index contributed by atoms with van der Waals surface area (Å²) in [5.41, 5.74) is 1.76. The quantitative estimate of drug-likeness (QED) is 0.716. The van der Waals surface area contributed by atoms with Crippen LogP contribution >= 0.6 is 0 Å². The van der Waals surface area contributed by atoms with Crippen molar-refractivity contribution in [2.75, 3.05) is 6.54 Å². The topological polar surface area (TPSA) is 92.2 Å². The molecule has 0 fully saturated rings. The van der Waals surface area contributed by atoms with Gasteiger partial charge in [0.05, 0.1) is 5.69 Å². The highest BCUT2D eigenvalue weighted by Crippen LogP contribution is 2.22. The Morgan fingerprint density at radius 2 is 2.11 bits per heavy atom. The number of hydrogen-bond acceptors (Lipinski definition) is 4. The number of aromatic nitrogens is 4. The molecule has 0 saturated carbocycles. The maximum atomic E-state index is 10.5. The predicted octanol–water partition coefficient (Wildman–Crippen LogP) is 0.574. The fourth-order valence-electron chi connectivity index (χ4n) is 1.69. The van der Waals surface area contributed by atoms with Gasteiger partial charge in [-0.25, -0.2) is 13.1 Å². The lowest BCUT2D eigenvalue weighted by Gasteiger charge is -2.13. The Morgan fingerprint density at radius 1 is 1.42 bits per heavy atom. The number of H-pyrrole nitrogens is 1. The average molecular weight is 285 g/mol. The van der Waals surface area contributed by atoms with Gasteiger partial charge in [-0.1, -0.05) is 27.7 Å². The van der Waals surface area contributed by atoms with E-state index >= 15 is 0 Å². The summed E-state index contributed by atoms with van der Waals surface area (Å²) in [6.07, 6.45) is 0. The number of hydrogen-bond donors (Lipinski definition) is 3. The Labute approximate surface area is 113 Å². The lowest BCUT2D eigenvalue weighted by Crippen LogP contribution is -2.19. The van der Waals surface area contributed by atoms with Crippen molar-refractivity contribution in [1.29, 1.82) is 0 Å². The summed E-state index contributed by atoms with van der Waals surface area (Å²) in [6.45, 7) is 8.49. The minimum absolute atomic E-state index is 0.0250. The lowest BCUT2D eigenvalue weighted by molar-refractivity contribution is 0.553. The smallest absolute Gasteiger partial charge is 0.201 e. The van der Waals surface area contributed by atoms with Gasteiger partial charge in [0.2, 0.25) is 10.9 Å². The molecule has 7 nitrogen and oxygen atoms in total. The van der Waals surface area contributed by atoms with Gasteiger partial charge in [0, 0.05) is 23.9 Å². The average Bonchev–Trinajstić information content (AvgIpc) is 2.81. The molecule has 0 aliphatic carbocycles. The van der Waals surface area contributed by atoms with Gasteiger partial charge >= 0.3 is 0 Å². The molecule has 8 heteroatoms. The molecule has 0 saturated heterocycles. The van der Waals surface area contributed by atoms with Crippen molar-refractivity contribution in [2.24, 2.45) is 0 Å². The number of nitrogens with one attached hydrogen (secondary N) is 2. The number of aromatic amines is 1. The molecule has 2 aromatic rings. The van der Waals surface area contributed by atoms with Crippen molar-refractivity contribution >= 4 is 16.5 Å². The fraction of sp³-hybridized carbons (Fsp3) is 0.636. The molecular weight excluding hydrogens is 266 g/mol. The van der Waals surface area contributed by atoms with Gasteiger partial charge in [-0.05, 0) is 0 Å². The summed E-state index contributed by atoms with van der Waals surface area (Å²) in [6, 6.07) is 1.96. The maximum absolute atomic E-state index is 10.5. The molecule has 106 valence electrons. The first kappa shape index (κ1) is 14.0. The van der Waals surface area contributed by atoms with Crippen molar-refractivity contribution in [3.8, 4) is 0 Å². The molecule has 2 heterocycles. The second-order valence-electron chi connectivity index (χ2n) is 5.68. The molecule has 0 radical (unpaired) electrons. The highest BCUT2D eigenvalue weighted by atomic mass is 32.2. The Morgan fingerprint density at radius 3 is 2.63 bits per heavy atom. The van der Waals surface area contributed by atoms with E-state index in [-0.39, 0.29) is 11.3 Å². The van der Waals surface area contributed by atoms with Gasteiger partial charge in [-0.3, -0.25) is 0 Å². The van der Waals surface area contributed by atoms with Gasteiger partial charge in [0.1, 0.15) is 5.82 Å². The maximum Gasteiger partial charge on any atom is 0.201 e. The molecule has 0 amide bonds. The van der Waals surface area contributed by atoms with E-state index in [0.29, 0.717) is 12.4 Å². The van der Waals surface area contributed by atoms with E-state index in [1.807, 2.05) is 13.0 Å². The molecule has 2 rings (SSSR count). The summed E-state index contributed by atoms with van der Waals surface area (Å²) in [5, 5.41) is 8.75. The number of rotatable bonds is 4. The summed E-state index contributed by atoms with van der Waals surface area (Å²) < 4.78 is 24.9. The first-order valence-corrected chi connectivity index (χ1v) is 7.29.